The highest BCUT2D eigenvalue weighted by molar-refractivity contribution is 5.36. The largest absolute Gasteiger partial charge is 0.508 e. The van der Waals surface area contributed by atoms with Gasteiger partial charge in [-0.15, -0.1) is 0 Å². The molecule has 1 saturated carbocycles. The number of aromatic hydroxyl groups is 1. The van der Waals surface area contributed by atoms with Gasteiger partial charge in [-0.2, -0.15) is 0 Å². The Balaban J connectivity index is 1.83. The highest BCUT2D eigenvalue weighted by Gasteiger charge is 2.49. The molecule has 21 heavy (non-hydrogen) atoms. The third kappa shape index (κ3) is 2.96. The van der Waals surface area contributed by atoms with E-state index in [2.05, 4.69) is 42.6 Å². The SMILES string of the molecule is CCNC(Cc1ccc(O)cc1)C1(c2ccccc2)CC1. The van der Waals surface area contributed by atoms with Crippen LogP contribution in [-0.2, 0) is 11.8 Å². The molecule has 0 spiro atoms. The van der Waals surface area contributed by atoms with Gasteiger partial charge in [0.15, 0.2) is 0 Å². The summed E-state index contributed by atoms with van der Waals surface area (Å²) in [6.45, 7) is 3.15. The lowest BCUT2D eigenvalue weighted by Crippen LogP contribution is -2.41. The van der Waals surface area contributed by atoms with Gasteiger partial charge in [-0.05, 0) is 49.1 Å². The average Bonchev–Trinajstić information content (AvgIpc) is 3.32. The maximum Gasteiger partial charge on any atom is 0.115 e. The molecule has 2 nitrogen and oxygen atoms in total. The van der Waals surface area contributed by atoms with Crippen LogP contribution in [0.5, 0.6) is 5.75 Å². The van der Waals surface area contributed by atoms with Gasteiger partial charge in [0.25, 0.3) is 0 Å². The molecular formula is C19H23NO. The van der Waals surface area contributed by atoms with E-state index >= 15 is 0 Å². The minimum atomic E-state index is 0.287. The number of benzene rings is 2. The van der Waals surface area contributed by atoms with E-state index in [4.69, 9.17) is 0 Å². The number of hydrogen-bond donors (Lipinski definition) is 2. The van der Waals surface area contributed by atoms with Crippen LogP contribution >= 0.6 is 0 Å². The Morgan fingerprint density at radius 2 is 1.71 bits per heavy atom. The fourth-order valence-electron chi connectivity index (χ4n) is 3.32. The number of nitrogens with one attached hydrogen (secondary N) is 1. The van der Waals surface area contributed by atoms with Crippen molar-refractivity contribution in [2.24, 2.45) is 0 Å². The van der Waals surface area contributed by atoms with E-state index in [0.717, 1.165) is 13.0 Å². The van der Waals surface area contributed by atoms with Crippen molar-refractivity contribution in [3.8, 4) is 5.75 Å². The van der Waals surface area contributed by atoms with Gasteiger partial charge in [-0.3, -0.25) is 0 Å². The van der Waals surface area contributed by atoms with Crippen LogP contribution in [0, 0.1) is 0 Å². The molecule has 110 valence electrons. The third-order valence-corrected chi connectivity index (χ3v) is 4.63. The van der Waals surface area contributed by atoms with Crippen molar-refractivity contribution in [2.45, 2.75) is 37.6 Å². The lowest BCUT2D eigenvalue weighted by atomic mass is 9.84. The zero-order valence-corrected chi connectivity index (χ0v) is 12.5. The molecule has 1 aliphatic rings. The fraction of sp³-hybridized carbons (Fsp3) is 0.368. The van der Waals surface area contributed by atoms with Gasteiger partial charge in [0.1, 0.15) is 5.75 Å². The molecule has 0 aliphatic heterocycles. The number of likely N-dealkylation sites (N-methyl/N-ethyl adjacent to an activating group) is 1. The summed E-state index contributed by atoms with van der Waals surface area (Å²) in [5, 5.41) is 13.1. The first-order valence-corrected chi connectivity index (χ1v) is 7.81. The lowest BCUT2D eigenvalue weighted by molar-refractivity contribution is 0.421. The fourth-order valence-corrected chi connectivity index (χ4v) is 3.32. The van der Waals surface area contributed by atoms with Crippen LogP contribution in [0.1, 0.15) is 30.9 Å². The van der Waals surface area contributed by atoms with Crippen molar-refractivity contribution in [2.75, 3.05) is 6.54 Å². The summed E-state index contributed by atoms with van der Waals surface area (Å²) in [5.41, 5.74) is 3.02. The molecular weight excluding hydrogens is 258 g/mol. The quantitative estimate of drug-likeness (QED) is 0.847. The Labute approximate surface area is 126 Å². The third-order valence-electron chi connectivity index (χ3n) is 4.63. The molecule has 2 N–H and O–H groups in total. The van der Waals surface area contributed by atoms with Crippen LogP contribution in [0.15, 0.2) is 54.6 Å². The summed E-state index contributed by atoms with van der Waals surface area (Å²) in [5.74, 6) is 0.336. The number of phenolic OH excluding ortho intramolecular Hbond substituents is 1. The van der Waals surface area contributed by atoms with Crippen LogP contribution in [-0.4, -0.2) is 17.7 Å². The standard InChI is InChI=1S/C19H23NO/c1-2-20-18(14-15-8-10-17(21)11-9-15)19(12-13-19)16-6-4-3-5-7-16/h3-11,18,20-21H,2,12-14H2,1H3. The molecule has 0 aromatic heterocycles. The number of rotatable bonds is 6. The van der Waals surface area contributed by atoms with E-state index in [1.54, 1.807) is 12.1 Å². The first-order valence-electron chi connectivity index (χ1n) is 7.81. The predicted octanol–water partition coefficient (Wildman–Crippen LogP) is 3.64. The zero-order valence-electron chi connectivity index (χ0n) is 12.5. The Kier molecular flexibility index (Phi) is 3.98. The molecule has 0 amide bonds. The van der Waals surface area contributed by atoms with Gasteiger partial charge < -0.3 is 10.4 Å². The topological polar surface area (TPSA) is 32.3 Å². The second-order valence-electron chi connectivity index (χ2n) is 6.00. The molecule has 3 rings (SSSR count). The smallest absolute Gasteiger partial charge is 0.115 e. The van der Waals surface area contributed by atoms with Crippen molar-refractivity contribution < 1.29 is 5.11 Å². The second kappa shape index (κ2) is 5.90. The summed E-state index contributed by atoms with van der Waals surface area (Å²) < 4.78 is 0. The van der Waals surface area contributed by atoms with Crippen molar-refractivity contribution >= 4 is 0 Å². The van der Waals surface area contributed by atoms with Gasteiger partial charge in [0.05, 0.1) is 0 Å². The Morgan fingerprint density at radius 3 is 2.29 bits per heavy atom. The van der Waals surface area contributed by atoms with Crippen molar-refractivity contribution in [3.63, 3.8) is 0 Å². The Bertz CT molecular complexity index is 572. The van der Waals surface area contributed by atoms with Crippen molar-refractivity contribution in [1.29, 1.82) is 0 Å². The van der Waals surface area contributed by atoms with Gasteiger partial charge >= 0.3 is 0 Å². The van der Waals surface area contributed by atoms with Gasteiger partial charge in [0.2, 0.25) is 0 Å². The minimum absolute atomic E-state index is 0.287. The Hall–Kier alpha value is -1.80. The first-order chi connectivity index (χ1) is 10.2. The monoisotopic (exact) mass is 281 g/mol. The predicted molar refractivity (Wildman–Crippen MR) is 86.6 cm³/mol. The zero-order chi connectivity index (χ0) is 14.7. The van der Waals surface area contributed by atoms with E-state index < -0.39 is 0 Å². The van der Waals surface area contributed by atoms with Gasteiger partial charge in [-0.1, -0.05) is 49.4 Å². The van der Waals surface area contributed by atoms with Crippen LogP contribution in [0.2, 0.25) is 0 Å². The molecule has 1 atom stereocenters. The Morgan fingerprint density at radius 1 is 1.05 bits per heavy atom. The molecule has 0 radical (unpaired) electrons. The van der Waals surface area contributed by atoms with E-state index in [-0.39, 0.29) is 5.41 Å². The summed E-state index contributed by atoms with van der Waals surface area (Å²) in [6.07, 6.45) is 3.52. The highest BCUT2D eigenvalue weighted by atomic mass is 16.3. The maximum atomic E-state index is 9.43. The van der Waals surface area contributed by atoms with Crippen LogP contribution in [0.25, 0.3) is 0 Å². The molecule has 2 aromatic carbocycles. The van der Waals surface area contributed by atoms with E-state index in [1.807, 2.05) is 12.1 Å². The van der Waals surface area contributed by atoms with Crippen LogP contribution < -0.4 is 5.32 Å². The molecule has 2 heteroatoms. The molecule has 1 unspecified atom stereocenters. The highest BCUT2D eigenvalue weighted by Crippen LogP contribution is 2.51. The summed E-state index contributed by atoms with van der Waals surface area (Å²) in [6, 6.07) is 18.9. The first kappa shape index (κ1) is 14.2. The van der Waals surface area contributed by atoms with Crippen molar-refractivity contribution in [1.82, 2.24) is 5.32 Å². The van der Waals surface area contributed by atoms with E-state index in [1.165, 1.54) is 24.0 Å². The van der Waals surface area contributed by atoms with E-state index in [9.17, 15) is 5.11 Å². The molecule has 1 aliphatic carbocycles. The molecule has 0 saturated heterocycles. The average molecular weight is 281 g/mol. The number of hydrogen-bond acceptors (Lipinski definition) is 2. The summed E-state index contributed by atoms with van der Waals surface area (Å²) in [4.78, 5) is 0. The molecule has 1 fully saturated rings. The molecule has 0 bridgehead atoms. The summed E-state index contributed by atoms with van der Waals surface area (Å²) >= 11 is 0. The van der Waals surface area contributed by atoms with Gasteiger partial charge in [-0.25, -0.2) is 0 Å². The lowest BCUT2D eigenvalue weighted by Gasteiger charge is -2.28. The van der Waals surface area contributed by atoms with Gasteiger partial charge in [0, 0.05) is 11.5 Å². The molecule has 2 aromatic rings. The number of phenols is 1. The van der Waals surface area contributed by atoms with Crippen LogP contribution in [0.3, 0.4) is 0 Å². The normalized spacial score (nSPS) is 17.4. The summed E-state index contributed by atoms with van der Waals surface area (Å²) in [7, 11) is 0. The molecule has 0 heterocycles. The minimum Gasteiger partial charge on any atom is -0.508 e. The van der Waals surface area contributed by atoms with Crippen LogP contribution in [0.4, 0.5) is 0 Å². The maximum absolute atomic E-state index is 9.43. The van der Waals surface area contributed by atoms with Crippen molar-refractivity contribution in [3.05, 3.63) is 65.7 Å². The van der Waals surface area contributed by atoms with E-state index in [0.29, 0.717) is 11.8 Å². The second-order valence-corrected chi connectivity index (χ2v) is 6.00.